The molecule has 1 heterocycles. The SMILES string of the molecule is CC(C#N)N1C(C)CC1C. The molecular weight excluding hydrogens is 124 g/mol. The average Bonchev–Trinajstić information content (AvgIpc) is 1.87. The topological polar surface area (TPSA) is 27.0 Å². The molecule has 56 valence electrons. The van der Waals surface area contributed by atoms with Crippen LogP contribution in [0.4, 0.5) is 0 Å². The van der Waals surface area contributed by atoms with Crippen LogP contribution < -0.4 is 0 Å². The molecule has 1 rings (SSSR count). The van der Waals surface area contributed by atoms with Gasteiger partial charge >= 0.3 is 0 Å². The summed E-state index contributed by atoms with van der Waals surface area (Å²) in [5.74, 6) is 0. The summed E-state index contributed by atoms with van der Waals surface area (Å²) in [5, 5.41) is 8.61. The van der Waals surface area contributed by atoms with Gasteiger partial charge in [0.05, 0.1) is 12.1 Å². The Labute approximate surface area is 62.4 Å². The first-order valence-electron chi connectivity index (χ1n) is 3.84. The van der Waals surface area contributed by atoms with E-state index in [1.54, 1.807) is 0 Å². The third kappa shape index (κ3) is 1.02. The third-order valence-electron chi connectivity index (χ3n) is 2.33. The molecule has 3 unspecified atom stereocenters. The van der Waals surface area contributed by atoms with Crippen molar-refractivity contribution in [1.82, 2.24) is 4.90 Å². The lowest BCUT2D eigenvalue weighted by Crippen LogP contribution is -2.56. The summed E-state index contributed by atoms with van der Waals surface area (Å²) in [7, 11) is 0. The molecule has 0 spiro atoms. The van der Waals surface area contributed by atoms with E-state index in [-0.39, 0.29) is 6.04 Å². The summed E-state index contributed by atoms with van der Waals surface area (Å²) in [5.41, 5.74) is 0. The van der Waals surface area contributed by atoms with Gasteiger partial charge < -0.3 is 0 Å². The molecule has 10 heavy (non-hydrogen) atoms. The highest BCUT2D eigenvalue weighted by Gasteiger charge is 2.34. The lowest BCUT2D eigenvalue weighted by atomic mass is 9.94. The second-order valence-corrected chi connectivity index (χ2v) is 3.19. The van der Waals surface area contributed by atoms with E-state index in [1.807, 2.05) is 6.92 Å². The summed E-state index contributed by atoms with van der Waals surface area (Å²) < 4.78 is 0. The Hall–Kier alpha value is -0.550. The van der Waals surface area contributed by atoms with Crippen molar-refractivity contribution in [3.05, 3.63) is 0 Å². The smallest absolute Gasteiger partial charge is 0.0953 e. The minimum Gasteiger partial charge on any atom is -0.283 e. The molecule has 0 radical (unpaired) electrons. The Balaban J connectivity index is 2.48. The third-order valence-corrected chi connectivity index (χ3v) is 2.33. The average molecular weight is 138 g/mol. The van der Waals surface area contributed by atoms with Crippen molar-refractivity contribution in [2.45, 2.75) is 45.3 Å². The number of nitrogens with zero attached hydrogens (tertiary/aromatic N) is 2. The number of rotatable bonds is 1. The Bertz CT molecular complexity index is 151. The van der Waals surface area contributed by atoms with Crippen LogP contribution in [0.3, 0.4) is 0 Å². The van der Waals surface area contributed by atoms with Crippen LogP contribution in [0.2, 0.25) is 0 Å². The van der Waals surface area contributed by atoms with Crippen LogP contribution in [0.5, 0.6) is 0 Å². The van der Waals surface area contributed by atoms with Crippen molar-refractivity contribution >= 4 is 0 Å². The van der Waals surface area contributed by atoms with Crippen LogP contribution in [0.1, 0.15) is 27.2 Å². The number of likely N-dealkylation sites (tertiary alicyclic amines) is 1. The van der Waals surface area contributed by atoms with E-state index in [2.05, 4.69) is 24.8 Å². The van der Waals surface area contributed by atoms with Gasteiger partial charge in [-0.15, -0.1) is 0 Å². The van der Waals surface area contributed by atoms with Crippen molar-refractivity contribution in [1.29, 1.82) is 5.26 Å². The highest BCUT2D eigenvalue weighted by molar-refractivity contribution is 4.98. The van der Waals surface area contributed by atoms with Gasteiger partial charge in [0.2, 0.25) is 0 Å². The van der Waals surface area contributed by atoms with Gasteiger partial charge in [0.25, 0.3) is 0 Å². The van der Waals surface area contributed by atoms with Crippen molar-refractivity contribution in [3.63, 3.8) is 0 Å². The fourth-order valence-electron chi connectivity index (χ4n) is 1.86. The molecule has 1 aliphatic heterocycles. The maximum absolute atomic E-state index is 8.61. The van der Waals surface area contributed by atoms with Gasteiger partial charge in [-0.05, 0) is 27.2 Å². The van der Waals surface area contributed by atoms with E-state index in [4.69, 9.17) is 5.26 Å². The zero-order chi connectivity index (χ0) is 7.72. The van der Waals surface area contributed by atoms with Crippen LogP contribution in [-0.2, 0) is 0 Å². The lowest BCUT2D eigenvalue weighted by Gasteiger charge is -2.47. The summed E-state index contributed by atoms with van der Waals surface area (Å²) in [6.45, 7) is 6.31. The number of nitriles is 1. The first-order chi connectivity index (χ1) is 4.66. The van der Waals surface area contributed by atoms with Gasteiger partial charge in [-0.3, -0.25) is 4.90 Å². The van der Waals surface area contributed by atoms with Crippen LogP contribution in [0.15, 0.2) is 0 Å². The van der Waals surface area contributed by atoms with Gasteiger partial charge in [0, 0.05) is 12.1 Å². The van der Waals surface area contributed by atoms with Gasteiger partial charge in [0.1, 0.15) is 0 Å². The molecule has 1 aliphatic rings. The Kier molecular flexibility index (Phi) is 1.96. The summed E-state index contributed by atoms with van der Waals surface area (Å²) in [6, 6.07) is 3.58. The highest BCUT2D eigenvalue weighted by Crippen LogP contribution is 2.26. The van der Waals surface area contributed by atoms with Crippen molar-refractivity contribution in [3.8, 4) is 6.07 Å². The van der Waals surface area contributed by atoms with Crippen LogP contribution >= 0.6 is 0 Å². The fraction of sp³-hybridized carbons (Fsp3) is 0.875. The van der Waals surface area contributed by atoms with Gasteiger partial charge in [0.15, 0.2) is 0 Å². The molecule has 1 fully saturated rings. The molecule has 0 N–H and O–H groups in total. The largest absolute Gasteiger partial charge is 0.283 e. The molecule has 0 aromatic rings. The Morgan fingerprint density at radius 2 is 2.00 bits per heavy atom. The predicted octanol–water partition coefficient (Wildman–Crippen LogP) is 1.38. The minimum absolute atomic E-state index is 0.0961. The summed E-state index contributed by atoms with van der Waals surface area (Å²) in [4.78, 5) is 2.25. The quantitative estimate of drug-likeness (QED) is 0.547. The second-order valence-electron chi connectivity index (χ2n) is 3.19. The fourth-order valence-corrected chi connectivity index (χ4v) is 1.86. The number of hydrogen-bond acceptors (Lipinski definition) is 2. The molecule has 0 aromatic heterocycles. The van der Waals surface area contributed by atoms with E-state index < -0.39 is 0 Å². The molecule has 2 heteroatoms. The molecule has 1 saturated heterocycles. The van der Waals surface area contributed by atoms with Crippen molar-refractivity contribution in [2.75, 3.05) is 0 Å². The van der Waals surface area contributed by atoms with Crippen molar-refractivity contribution < 1.29 is 0 Å². The standard InChI is InChI=1S/C8H14N2/c1-6-4-7(2)10(6)8(3)5-9/h6-8H,4H2,1-3H3. The molecule has 0 aromatic carbocycles. The zero-order valence-corrected chi connectivity index (χ0v) is 6.83. The van der Waals surface area contributed by atoms with E-state index in [1.165, 1.54) is 6.42 Å². The van der Waals surface area contributed by atoms with Crippen LogP contribution in [0, 0.1) is 11.3 Å². The molecule has 2 nitrogen and oxygen atoms in total. The van der Waals surface area contributed by atoms with E-state index >= 15 is 0 Å². The second kappa shape index (κ2) is 2.59. The van der Waals surface area contributed by atoms with Gasteiger partial charge in [-0.1, -0.05) is 0 Å². The summed E-state index contributed by atoms with van der Waals surface area (Å²) in [6.07, 6.45) is 1.24. The predicted molar refractivity (Wildman–Crippen MR) is 40.5 cm³/mol. The minimum atomic E-state index is 0.0961. The first-order valence-corrected chi connectivity index (χ1v) is 3.84. The van der Waals surface area contributed by atoms with Gasteiger partial charge in [-0.2, -0.15) is 5.26 Å². The van der Waals surface area contributed by atoms with Gasteiger partial charge in [-0.25, -0.2) is 0 Å². The molecule has 0 aliphatic carbocycles. The van der Waals surface area contributed by atoms with Crippen LogP contribution in [-0.4, -0.2) is 23.0 Å². The zero-order valence-electron chi connectivity index (χ0n) is 6.83. The van der Waals surface area contributed by atoms with E-state index in [9.17, 15) is 0 Å². The maximum Gasteiger partial charge on any atom is 0.0953 e. The van der Waals surface area contributed by atoms with E-state index in [0.717, 1.165) is 0 Å². The molecule has 0 amide bonds. The molecule has 3 atom stereocenters. The Morgan fingerprint density at radius 3 is 2.20 bits per heavy atom. The first kappa shape index (κ1) is 7.56. The number of hydrogen-bond donors (Lipinski definition) is 0. The monoisotopic (exact) mass is 138 g/mol. The molecular formula is C8H14N2. The normalized spacial score (nSPS) is 36.2. The molecule has 0 saturated carbocycles. The maximum atomic E-state index is 8.61. The van der Waals surface area contributed by atoms with Crippen molar-refractivity contribution in [2.24, 2.45) is 0 Å². The molecule has 0 bridgehead atoms. The van der Waals surface area contributed by atoms with Crippen LogP contribution in [0.25, 0.3) is 0 Å². The highest BCUT2D eigenvalue weighted by atomic mass is 15.3. The Morgan fingerprint density at radius 1 is 1.50 bits per heavy atom. The van der Waals surface area contributed by atoms with E-state index in [0.29, 0.717) is 12.1 Å². The summed E-state index contributed by atoms with van der Waals surface area (Å²) >= 11 is 0. The lowest BCUT2D eigenvalue weighted by molar-refractivity contribution is 0.0203.